The fourth-order valence-electron chi connectivity index (χ4n) is 1.09. The minimum atomic E-state index is -0.142. The number of carbonyl (C=O) groups is 1. The minimum absolute atomic E-state index is 0.0529. The lowest BCUT2D eigenvalue weighted by Crippen LogP contribution is -2.44. The highest BCUT2D eigenvalue weighted by Gasteiger charge is 2.10. The topological polar surface area (TPSA) is 61.4 Å². The van der Waals surface area contributed by atoms with Crippen molar-refractivity contribution >= 4 is 17.8 Å². The molecule has 1 unspecified atom stereocenters. The van der Waals surface area contributed by atoms with Crippen LogP contribution in [0.15, 0.2) is 0 Å². The van der Waals surface area contributed by atoms with Crippen molar-refractivity contribution in [3.8, 4) is 0 Å². The number of hydrogen-bond donors (Lipinski definition) is 3. The molecule has 0 aromatic rings. The molecule has 0 aliphatic rings. The first-order chi connectivity index (χ1) is 7.10. The molecule has 3 N–H and O–H groups in total. The number of carbonyl (C=O) groups excluding carboxylic acids is 1. The number of rotatable bonds is 7. The standard InChI is InChI=1S/C10H22N2O2S/c1-8(2)6-11-10(14)12-9(4-5-13)7-15-3/h8-9,13H,4-7H2,1-3H3,(H2,11,12,14). The Morgan fingerprint density at radius 2 is 2.13 bits per heavy atom. The second-order valence-corrected chi connectivity index (χ2v) is 4.82. The Morgan fingerprint density at radius 1 is 1.47 bits per heavy atom. The van der Waals surface area contributed by atoms with Crippen LogP contribution in [0.3, 0.4) is 0 Å². The van der Waals surface area contributed by atoms with E-state index in [0.717, 1.165) is 5.75 Å². The van der Waals surface area contributed by atoms with Gasteiger partial charge < -0.3 is 15.7 Å². The molecule has 4 nitrogen and oxygen atoms in total. The van der Waals surface area contributed by atoms with Gasteiger partial charge in [0.15, 0.2) is 0 Å². The van der Waals surface area contributed by atoms with Crippen LogP contribution in [-0.4, -0.2) is 42.3 Å². The second kappa shape index (κ2) is 8.85. The Kier molecular flexibility index (Phi) is 8.61. The quantitative estimate of drug-likeness (QED) is 0.617. The number of aliphatic hydroxyl groups excluding tert-OH is 1. The number of aliphatic hydroxyl groups is 1. The summed E-state index contributed by atoms with van der Waals surface area (Å²) >= 11 is 1.66. The third-order valence-corrected chi connectivity index (χ3v) is 2.59. The van der Waals surface area contributed by atoms with Gasteiger partial charge in [-0.3, -0.25) is 0 Å². The lowest BCUT2D eigenvalue weighted by molar-refractivity contribution is 0.230. The summed E-state index contributed by atoms with van der Waals surface area (Å²) in [6, 6.07) is -0.0895. The van der Waals surface area contributed by atoms with E-state index in [2.05, 4.69) is 10.6 Å². The third kappa shape index (κ3) is 8.57. The van der Waals surface area contributed by atoms with Crippen molar-refractivity contribution in [2.75, 3.05) is 25.2 Å². The van der Waals surface area contributed by atoms with E-state index in [1.807, 2.05) is 20.1 Å². The molecule has 0 radical (unpaired) electrons. The molecule has 5 heteroatoms. The van der Waals surface area contributed by atoms with E-state index in [9.17, 15) is 4.79 Å². The smallest absolute Gasteiger partial charge is 0.315 e. The molecule has 15 heavy (non-hydrogen) atoms. The van der Waals surface area contributed by atoms with E-state index in [4.69, 9.17) is 5.11 Å². The first kappa shape index (κ1) is 14.6. The highest BCUT2D eigenvalue weighted by molar-refractivity contribution is 7.98. The lowest BCUT2D eigenvalue weighted by atomic mass is 10.2. The van der Waals surface area contributed by atoms with E-state index in [0.29, 0.717) is 18.9 Å². The van der Waals surface area contributed by atoms with Crippen molar-refractivity contribution in [2.24, 2.45) is 5.92 Å². The van der Waals surface area contributed by atoms with E-state index in [1.165, 1.54) is 0 Å². The number of nitrogens with one attached hydrogen (secondary N) is 2. The summed E-state index contributed by atoms with van der Waals surface area (Å²) in [6.07, 6.45) is 2.59. The largest absolute Gasteiger partial charge is 0.396 e. The summed E-state index contributed by atoms with van der Waals surface area (Å²) in [5, 5.41) is 14.4. The Morgan fingerprint density at radius 3 is 2.60 bits per heavy atom. The fraction of sp³-hybridized carbons (Fsp3) is 0.900. The predicted octanol–water partition coefficient (Wildman–Crippen LogP) is 1.06. The predicted molar refractivity (Wildman–Crippen MR) is 65.2 cm³/mol. The Bertz CT molecular complexity index is 171. The van der Waals surface area contributed by atoms with Gasteiger partial charge in [-0.05, 0) is 18.6 Å². The van der Waals surface area contributed by atoms with E-state index in [-0.39, 0.29) is 18.7 Å². The first-order valence-electron chi connectivity index (χ1n) is 5.24. The van der Waals surface area contributed by atoms with Crippen LogP contribution in [0.2, 0.25) is 0 Å². The molecule has 0 fully saturated rings. The SMILES string of the molecule is CSCC(CCO)NC(=O)NCC(C)C. The molecule has 90 valence electrons. The summed E-state index contributed by atoms with van der Waals surface area (Å²) in [5.74, 6) is 1.28. The molecule has 0 rings (SSSR count). The van der Waals surface area contributed by atoms with Crippen molar-refractivity contribution in [3.05, 3.63) is 0 Å². The van der Waals surface area contributed by atoms with Gasteiger partial charge in [-0.25, -0.2) is 4.79 Å². The number of thioether (sulfide) groups is 1. The molecule has 1 atom stereocenters. The van der Waals surface area contributed by atoms with Gasteiger partial charge in [0.05, 0.1) is 0 Å². The van der Waals surface area contributed by atoms with Crippen LogP contribution >= 0.6 is 11.8 Å². The van der Waals surface area contributed by atoms with Gasteiger partial charge in [0.2, 0.25) is 0 Å². The minimum Gasteiger partial charge on any atom is -0.396 e. The molecule has 0 bridgehead atoms. The van der Waals surface area contributed by atoms with Gasteiger partial charge in [0.25, 0.3) is 0 Å². The first-order valence-corrected chi connectivity index (χ1v) is 6.63. The molecular weight excluding hydrogens is 212 g/mol. The maximum Gasteiger partial charge on any atom is 0.315 e. The molecular formula is C10H22N2O2S. The van der Waals surface area contributed by atoms with Crippen LogP contribution in [0, 0.1) is 5.92 Å². The van der Waals surface area contributed by atoms with Crippen molar-refractivity contribution in [3.63, 3.8) is 0 Å². The maximum atomic E-state index is 11.4. The molecule has 0 saturated carbocycles. The average Bonchev–Trinajstić information content (AvgIpc) is 2.15. The molecule has 0 heterocycles. The zero-order valence-electron chi connectivity index (χ0n) is 9.75. The molecule has 0 saturated heterocycles. The van der Waals surface area contributed by atoms with Crippen LogP contribution in [0.4, 0.5) is 4.79 Å². The maximum absolute atomic E-state index is 11.4. The van der Waals surface area contributed by atoms with Crippen molar-refractivity contribution in [1.82, 2.24) is 10.6 Å². The molecule has 0 aromatic carbocycles. The Labute approximate surface area is 96.2 Å². The highest BCUT2D eigenvalue weighted by atomic mass is 32.2. The number of amides is 2. The Hall–Kier alpha value is -0.420. The van der Waals surface area contributed by atoms with Gasteiger partial charge in [-0.15, -0.1) is 0 Å². The summed E-state index contributed by atoms with van der Waals surface area (Å²) in [7, 11) is 0. The van der Waals surface area contributed by atoms with Gasteiger partial charge >= 0.3 is 6.03 Å². The normalized spacial score (nSPS) is 12.6. The third-order valence-electron chi connectivity index (χ3n) is 1.85. The molecule has 0 spiro atoms. The van der Waals surface area contributed by atoms with E-state index >= 15 is 0 Å². The lowest BCUT2D eigenvalue weighted by Gasteiger charge is -2.17. The van der Waals surface area contributed by atoms with Gasteiger partial charge in [0.1, 0.15) is 0 Å². The molecule has 0 aromatic heterocycles. The molecule has 2 amide bonds. The van der Waals surface area contributed by atoms with Gasteiger partial charge in [-0.1, -0.05) is 13.8 Å². The fourth-order valence-corrected chi connectivity index (χ4v) is 1.74. The van der Waals surface area contributed by atoms with Gasteiger partial charge in [-0.2, -0.15) is 11.8 Å². The number of hydrogen-bond acceptors (Lipinski definition) is 3. The highest BCUT2D eigenvalue weighted by Crippen LogP contribution is 2.00. The van der Waals surface area contributed by atoms with Crippen molar-refractivity contribution in [1.29, 1.82) is 0 Å². The molecule has 0 aliphatic heterocycles. The molecule has 0 aliphatic carbocycles. The van der Waals surface area contributed by atoms with E-state index < -0.39 is 0 Å². The van der Waals surface area contributed by atoms with Crippen LogP contribution in [0.1, 0.15) is 20.3 Å². The summed E-state index contributed by atoms with van der Waals surface area (Å²) in [4.78, 5) is 11.4. The average molecular weight is 234 g/mol. The van der Waals surface area contributed by atoms with Crippen LogP contribution in [0.5, 0.6) is 0 Å². The number of urea groups is 1. The van der Waals surface area contributed by atoms with Crippen LogP contribution in [0.25, 0.3) is 0 Å². The zero-order chi connectivity index (χ0) is 11.7. The van der Waals surface area contributed by atoms with Crippen molar-refractivity contribution in [2.45, 2.75) is 26.3 Å². The van der Waals surface area contributed by atoms with Crippen LogP contribution in [-0.2, 0) is 0 Å². The summed E-state index contributed by atoms with van der Waals surface area (Å²) < 4.78 is 0. The second-order valence-electron chi connectivity index (χ2n) is 3.91. The summed E-state index contributed by atoms with van der Waals surface area (Å²) in [6.45, 7) is 4.88. The summed E-state index contributed by atoms with van der Waals surface area (Å²) in [5.41, 5.74) is 0. The zero-order valence-corrected chi connectivity index (χ0v) is 10.6. The van der Waals surface area contributed by atoms with E-state index in [1.54, 1.807) is 11.8 Å². The monoisotopic (exact) mass is 234 g/mol. The van der Waals surface area contributed by atoms with Crippen molar-refractivity contribution < 1.29 is 9.90 Å². The Balaban J connectivity index is 3.77. The van der Waals surface area contributed by atoms with Gasteiger partial charge in [0, 0.05) is 24.9 Å². The van der Waals surface area contributed by atoms with Crippen LogP contribution < -0.4 is 10.6 Å².